The number of nitrogens with one attached hydrogen (secondary N) is 2. The molecule has 1 aromatic carbocycles. The van der Waals surface area contributed by atoms with Crippen molar-refractivity contribution in [3.8, 4) is 0 Å². The lowest BCUT2D eigenvalue weighted by Crippen LogP contribution is -2.25. The van der Waals surface area contributed by atoms with E-state index in [4.69, 9.17) is 16.7 Å². The Labute approximate surface area is 182 Å². The lowest BCUT2D eigenvalue weighted by atomic mass is 10.0. The molecule has 0 aliphatic heterocycles. The summed E-state index contributed by atoms with van der Waals surface area (Å²) < 4.78 is 14.1. The topological polar surface area (TPSA) is 104 Å². The summed E-state index contributed by atoms with van der Waals surface area (Å²) in [7, 11) is 0. The Balaban J connectivity index is 1.64. The summed E-state index contributed by atoms with van der Waals surface area (Å²) in [6.45, 7) is 0. The van der Waals surface area contributed by atoms with Gasteiger partial charge in [-0.25, -0.2) is 9.18 Å². The van der Waals surface area contributed by atoms with Crippen molar-refractivity contribution in [2.45, 2.75) is 25.3 Å². The maximum Gasteiger partial charge on any atom is 0.405 e. The number of rotatable bonds is 5. The van der Waals surface area contributed by atoms with Crippen molar-refractivity contribution in [1.29, 1.82) is 0 Å². The number of nitrogens with zero attached hydrogens (tertiary/aromatic N) is 2. The van der Waals surface area contributed by atoms with Gasteiger partial charge in [0.05, 0.1) is 16.6 Å². The largest absolute Gasteiger partial charge is 0.465 e. The van der Waals surface area contributed by atoms with Gasteiger partial charge in [-0.1, -0.05) is 17.7 Å². The van der Waals surface area contributed by atoms with Gasteiger partial charge < -0.3 is 15.7 Å². The third-order valence-electron chi connectivity index (χ3n) is 5.22. The molecule has 1 aliphatic rings. The van der Waals surface area contributed by atoms with E-state index in [1.54, 1.807) is 24.5 Å². The van der Waals surface area contributed by atoms with Crippen LogP contribution in [0, 0.1) is 5.82 Å². The number of benzene rings is 1. The van der Waals surface area contributed by atoms with Crippen LogP contribution in [0.15, 0.2) is 48.9 Å². The maximum absolute atomic E-state index is 14.1. The molecule has 0 radical (unpaired) electrons. The highest BCUT2D eigenvalue weighted by molar-refractivity contribution is 6.32. The summed E-state index contributed by atoms with van der Waals surface area (Å²) in [4.78, 5) is 32.4. The highest BCUT2D eigenvalue weighted by atomic mass is 35.5. The van der Waals surface area contributed by atoms with Crippen LogP contribution in [0.5, 0.6) is 0 Å². The minimum Gasteiger partial charge on any atom is -0.465 e. The monoisotopic (exact) mass is 440 g/mol. The van der Waals surface area contributed by atoms with Gasteiger partial charge in [-0.15, -0.1) is 0 Å². The first-order chi connectivity index (χ1) is 14.9. The number of hydrogen-bond acceptors (Lipinski definition) is 4. The molecule has 1 aliphatic carbocycles. The van der Waals surface area contributed by atoms with Gasteiger partial charge in [0.1, 0.15) is 5.82 Å². The van der Waals surface area contributed by atoms with E-state index in [2.05, 4.69) is 20.6 Å². The highest BCUT2D eigenvalue weighted by Gasteiger charge is 2.28. The molecule has 3 N–H and O–H groups in total. The van der Waals surface area contributed by atoms with E-state index in [1.165, 1.54) is 18.3 Å². The maximum atomic E-state index is 14.1. The van der Waals surface area contributed by atoms with Crippen molar-refractivity contribution in [3.63, 3.8) is 0 Å². The molecule has 3 aromatic rings. The molecule has 0 fully saturated rings. The average Bonchev–Trinajstić information content (AvgIpc) is 3.16. The van der Waals surface area contributed by atoms with Crippen molar-refractivity contribution in [2.24, 2.45) is 0 Å². The Morgan fingerprint density at radius 3 is 2.81 bits per heavy atom. The molecule has 0 bridgehead atoms. The number of anilines is 1. The SMILES string of the molecule is O=C(O)NC1CCc2c(C(=O)Nc3ccc(F)c(Cl)c3Cc3ccccn3)cncc21. The van der Waals surface area contributed by atoms with E-state index in [1.807, 2.05) is 6.07 Å². The lowest BCUT2D eigenvalue weighted by molar-refractivity contribution is 0.102. The van der Waals surface area contributed by atoms with Gasteiger partial charge in [0.25, 0.3) is 5.91 Å². The number of amides is 2. The summed E-state index contributed by atoms with van der Waals surface area (Å²) in [5.74, 6) is -1.01. The van der Waals surface area contributed by atoms with Crippen LogP contribution in [0.2, 0.25) is 5.02 Å². The molecular formula is C22H18ClFN4O3. The molecule has 2 aromatic heterocycles. The van der Waals surface area contributed by atoms with Gasteiger partial charge in [-0.2, -0.15) is 0 Å². The predicted octanol–water partition coefficient (Wildman–Crippen LogP) is 4.37. The van der Waals surface area contributed by atoms with E-state index in [0.29, 0.717) is 40.9 Å². The molecule has 2 heterocycles. The van der Waals surface area contributed by atoms with Crippen LogP contribution in [0.3, 0.4) is 0 Å². The first-order valence-electron chi connectivity index (χ1n) is 9.58. The molecule has 9 heteroatoms. The predicted molar refractivity (Wildman–Crippen MR) is 113 cm³/mol. The van der Waals surface area contributed by atoms with E-state index in [0.717, 1.165) is 5.56 Å². The van der Waals surface area contributed by atoms with Crippen LogP contribution in [0.1, 0.15) is 45.2 Å². The molecule has 4 rings (SSSR count). The molecule has 1 atom stereocenters. The van der Waals surface area contributed by atoms with E-state index in [9.17, 15) is 14.0 Å². The van der Waals surface area contributed by atoms with Crippen molar-refractivity contribution >= 4 is 29.3 Å². The Hall–Kier alpha value is -3.52. The number of carboxylic acid groups (broad SMARTS) is 1. The van der Waals surface area contributed by atoms with Crippen molar-refractivity contribution in [1.82, 2.24) is 15.3 Å². The van der Waals surface area contributed by atoms with E-state index >= 15 is 0 Å². The summed E-state index contributed by atoms with van der Waals surface area (Å²) in [5.41, 5.74) is 3.23. The van der Waals surface area contributed by atoms with Gasteiger partial charge in [-0.05, 0) is 48.2 Å². The van der Waals surface area contributed by atoms with Crippen LogP contribution >= 0.6 is 11.6 Å². The molecule has 2 amide bonds. The van der Waals surface area contributed by atoms with Gasteiger partial charge in [0.15, 0.2) is 0 Å². The number of aromatic nitrogens is 2. The van der Waals surface area contributed by atoms with Gasteiger partial charge in [0.2, 0.25) is 0 Å². The van der Waals surface area contributed by atoms with Gasteiger partial charge in [-0.3, -0.25) is 14.8 Å². The van der Waals surface area contributed by atoms with Gasteiger partial charge in [0, 0.05) is 42.0 Å². The molecule has 0 saturated carbocycles. The van der Waals surface area contributed by atoms with E-state index in [-0.39, 0.29) is 11.4 Å². The molecule has 31 heavy (non-hydrogen) atoms. The standard InChI is InChI=1S/C22H18ClFN4O3/c23-20-14(9-12-3-1-2-8-26-12)18(7-5-17(20)24)27-21(29)16-11-25-10-15-13(16)4-6-19(15)28-22(30)31/h1-3,5,7-8,10-11,19,28H,4,6,9H2,(H,27,29)(H,30,31). The Morgan fingerprint density at radius 2 is 2.06 bits per heavy atom. The fourth-order valence-corrected chi connectivity index (χ4v) is 4.01. The third kappa shape index (κ3) is 4.34. The zero-order valence-electron chi connectivity index (χ0n) is 16.2. The number of carbonyl (C=O) groups is 2. The van der Waals surface area contributed by atoms with Crippen molar-refractivity contribution in [3.05, 3.63) is 87.7 Å². The summed E-state index contributed by atoms with van der Waals surface area (Å²) >= 11 is 6.21. The number of fused-ring (bicyclic) bond motifs is 1. The van der Waals surface area contributed by atoms with E-state index < -0.39 is 23.9 Å². The Kier molecular flexibility index (Phi) is 5.81. The van der Waals surface area contributed by atoms with Gasteiger partial charge >= 0.3 is 6.09 Å². The number of carbonyl (C=O) groups excluding carboxylic acids is 1. The van der Waals surface area contributed by atoms with Crippen molar-refractivity contribution in [2.75, 3.05) is 5.32 Å². The first kappa shape index (κ1) is 20.7. The Morgan fingerprint density at radius 1 is 1.23 bits per heavy atom. The molecular weight excluding hydrogens is 423 g/mol. The number of halogens is 2. The minimum atomic E-state index is -1.13. The van der Waals surface area contributed by atoms with Crippen LogP contribution in [-0.4, -0.2) is 27.1 Å². The second-order valence-corrected chi connectivity index (χ2v) is 7.51. The van der Waals surface area contributed by atoms with Crippen LogP contribution in [0.25, 0.3) is 0 Å². The zero-order valence-corrected chi connectivity index (χ0v) is 17.0. The average molecular weight is 441 g/mol. The minimum absolute atomic E-state index is 0.0782. The normalized spacial score (nSPS) is 14.7. The number of pyridine rings is 2. The highest BCUT2D eigenvalue weighted by Crippen LogP contribution is 2.34. The molecule has 0 saturated heterocycles. The molecule has 7 nitrogen and oxygen atoms in total. The smallest absolute Gasteiger partial charge is 0.405 e. The summed E-state index contributed by atoms with van der Waals surface area (Å²) in [5, 5.41) is 14.2. The fourth-order valence-electron chi connectivity index (χ4n) is 3.78. The van der Waals surface area contributed by atoms with Crippen LogP contribution in [-0.2, 0) is 12.8 Å². The molecule has 158 valence electrons. The molecule has 0 spiro atoms. The molecule has 1 unspecified atom stereocenters. The number of hydrogen-bond donors (Lipinski definition) is 3. The first-order valence-corrected chi connectivity index (χ1v) is 9.96. The summed E-state index contributed by atoms with van der Waals surface area (Å²) in [6, 6.07) is 7.62. The quantitative estimate of drug-likeness (QED) is 0.546. The van der Waals surface area contributed by atoms with Crippen molar-refractivity contribution < 1.29 is 19.1 Å². The lowest BCUT2D eigenvalue weighted by Gasteiger charge is -2.15. The summed E-state index contributed by atoms with van der Waals surface area (Å²) in [6.07, 6.45) is 4.83. The third-order valence-corrected chi connectivity index (χ3v) is 5.63. The van der Waals surface area contributed by atoms with Crippen LogP contribution < -0.4 is 10.6 Å². The van der Waals surface area contributed by atoms with Crippen LogP contribution in [0.4, 0.5) is 14.9 Å². The zero-order chi connectivity index (χ0) is 22.0. The second-order valence-electron chi connectivity index (χ2n) is 7.14. The fraction of sp³-hybridized carbons (Fsp3) is 0.182. The Bertz CT molecular complexity index is 1160. The second kappa shape index (κ2) is 8.69.